The van der Waals surface area contributed by atoms with Crippen molar-refractivity contribution in [1.82, 2.24) is 14.3 Å². The summed E-state index contributed by atoms with van der Waals surface area (Å²) in [5.41, 5.74) is 3.78. The Morgan fingerprint density at radius 2 is 2.04 bits per heavy atom. The molecule has 128 valence electrons. The Morgan fingerprint density at radius 1 is 1.25 bits per heavy atom. The maximum atomic E-state index is 11.6. The van der Waals surface area contributed by atoms with E-state index in [-0.39, 0.29) is 13.7 Å². The maximum Gasteiger partial charge on any atom is 0.211 e. The highest BCUT2D eigenvalue weighted by Crippen LogP contribution is 2.29. The molecule has 0 amide bonds. The van der Waals surface area contributed by atoms with E-state index in [0.29, 0.717) is 5.02 Å². The topological polar surface area (TPSA) is 64.0 Å². The molecule has 0 spiro atoms. The number of hydrogen-bond acceptors (Lipinski definition) is 3. The average molecular weight is 366 g/mol. The second kappa shape index (κ2) is 6.55. The van der Waals surface area contributed by atoms with E-state index in [0.717, 1.165) is 27.7 Å². The van der Waals surface area contributed by atoms with Crippen molar-refractivity contribution in [2.75, 3.05) is 5.75 Å². The fraction of sp³-hybridized carbons (Fsp3) is 0.235. The summed E-state index contributed by atoms with van der Waals surface area (Å²) >= 11 is 6.08. The standard InChI is InChI=1S/C17H18ClN3O2S.H2/c1-3-24(22,23)20-10-12-6-14(11-19-9-12)16-7-13-4-5-15(18)8-17(13)21(16)2;/h4-9,11,20H,3,10H2,1-2H3;1H. The summed E-state index contributed by atoms with van der Waals surface area (Å²) in [5.74, 6) is 0.0596. The van der Waals surface area contributed by atoms with Gasteiger partial charge in [-0.15, -0.1) is 0 Å². The molecule has 0 saturated heterocycles. The van der Waals surface area contributed by atoms with Crippen LogP contribution in [0.1, 0.15) is 13.9 Å². The zero-order valence-corrected chi connectivity index (χ0v) is 15.0. The first-order chi connectivity index (χ1) is 11.4. The van der Waals surface area contributed by atoms with Gasteiger partial charge in [-0.1, -0.05) is 17.7 Å². The van der Waals surface area contributed by atoms with Gasteiger partial charge in [0.25, 0.3) is 0 Å². The van der Waals surface area contributed by atoms with E-state index in [1.54, 1.807) is 19.3 Å². The summed E-state index contributed by atoms with van der Waals surface area (Å²) in [6, 6.07) is 9.78. The highest BCUT2D eigenvalue weighted by molar-refractivity contribution is 7.89. The smallest absolute Gasteiger partial charge is 0.211 e. The molecular weight excluding hydrogens is 346 g/mol. The van der Waals surface area contributed by atoms with Gasteiger partial charge in [-0.3, -0.25) is 4.98 Å². The number of pyridine rings is 1. The Hall–Kier alpha value is -1.89. The van der Waals surface area contributed by atoms with Crippen LogP contribution in [0.15, 0.2) is 42.7 Å². The summed E-state index contributed by atoms with van der Waals surface area (Å²) in [5, 5.41) is 1.78. The van der Waals surface area contributed by atoms with E-state index in [1.165, 1.54) is 0 Å². The summed E-state index contributed by atoms with van der Waals surface area (Å²) in [7, 11) is -1.25. The Labute approximate surface area is 147 Å². The molecule has 0 atom stereocenters. The number of hydrogen-bond donors (Lipinski definition) is 1. The van der Waals surface area contributed by atoms with Crippen LogP contribution in [0.3, 0.4) is 0 Å². The number of rotatable bonds is 5. The van der Waals surface area contributed by atoms with Gasteiger partial charge >= 0.3 is 0 Å². The van der Waals surface area contributed by atoms with Crippen LogP contribution in [0, 0.1) is 0 Å². The second-order valence-electron chi connectivity index (χ2n) is 5.60. The third-order valence-electron chi connectivity index (χ3n) is 3.97. The van der Waals surface area contributed by atoms with Crippen LogP contribution < -0.4 is 4.72 Å². The van der Waals surface area contributed by atoms with E-state index < -0.39 is 10.0 Å². The SMILES string of the molecule is CCS(=O)(=O)NCc1cncc(-c2cc3ccc(Cl)cc3n2C)c1.[HH]. The van der Waals surface area contributed by atoms with Gasteiger partial charge in [-0.2, -0.15) is 0 Å². The van der Waals surface area contributed by atoms with E-state index >= 15 is 0 Å². The van der Waals surface area contributed by atoms with Crippen LogP contribution in [0.4, 0.5) is 0 Å². The second-order valence-corrected chi connectivity index (χ2v) is 8.13. The lowest BCUT2D eigenvalue weighted by molar-refractivity contribution is 0.582. The molecule has 0 unspecified atom stereocenters. The third kappa shape index (κ3) is 3.45. The van der Waals surface area contributed by atoms with E-state index in [2.05, 4.69) is 20.3 Å². The fourth-order valence-corrected chi connectivity index (χ4v) is 3.36. The number of sulfonamides is 1. The van der Waals surface area contributed by atoms with Crippen molar-refractivity contribution in [1.29, 1.82) is 0 Å². The van der Waals surface area contributed by atoms with Gasteiger partial charge in [0.05, 0.1) is 11.4 Å². The van der Waals surface area contributed by atoms with Gasteiger partial charge in [0.2, 0.25) is 10.0 Å². The van der Waals surface area contributed by atoms with E-state index in [9.17, 15) is 8.42 Å². The van der Waals surface area contributed by atoms with Crippen LogP contribution in [0.2, 0.25) is 5.02 Å². The molecule has 0 radical (unpaired) electrons. The molecule has 0 fully saturated rings. The van der Waals surface area contributed by atoms with Crippen molar-refractivity contribution in [3.05, 3.63) is 53.3 Å². The van der Waals surface area contributed by atoms with Crippen LogP contribution in [-0.4, -0.2) is 23.7 Å². The van der Waals surface area contributed by atoms with Gasteiger partial charge in [0.15, 0.2) is 0 Å². The summed E-state index contributed by atoms with van der Waals surface area (Å²) < 4.78 is 27.8. The quantitative estimate of drug-likeness (QED) is 0.751. The molecule has 5 nitrogen and oxygen atoms in total. The molecule has 2 heterocycles. The minimum absolute atomic E-state index is 0. The Kier molecular flexibility index (Phi) is 4.62. The molecule has 7 heteroatoms. The average Bonchev–Trinajstić information content (AvgIpc) is 2.90. The van der Waals surface area contributed by atoms with Crippen LogP contribution in [-0.2, 0) is 23.6 Å². The zero-order valence-electron chi connectivity index (χ0n) is 13.5. The van der Waals surface area contributed by atoms with E-state index in [4.69, 9.17) is 11.6 Å². The molecule has 0 aliphatic heterocycles. The van der Waals surface area contributed by atoms with Gasteiger partial charge in [-0.05, 0) is 36.8 Å². The lowest BCUT2D eigenvalue weighted by Crippen LogP contribution is -2.24. The molecule has 3 aromatic rings. The Morgan fingerprint density at radius 3 is 2.79 bits per heavy atom. The molecule has 0 saturated carbocycles. The minimum atomic E-state index is -3.23. The number of fused-ring (bicyclic) bond motifs is 1. The van der Waals surface area contributed by atoms with Crippen LogP contribution in [0.25, 0.3) is 22.2 Å². The van der Waals surface area contributed by atoms with Gasteiger partial charge in [-0.25, -0.2) is 13.1 Å². The van der Waals surface area contributed by atoms with Crippen molar-refractivity contribution in [3.63, 3.8) is 0 Å². The molecule has 1 N–H and O–H groups in total. The number of aromatic nitrogens is 2. The molecule has 0 aliphatic carbocycles. The first kappa shape index (κ1) is 17.0. The van der Waals surface area contributed by atoms with Gasteiger partial charge in [0.1, 0.15) is 0 Å². The van der Waals surface area contributed by atoms with Crippen molar-refractivity contribution in [3.8, 4) is 11.3 Å². The van der Waals surface area contributed by atoms with Crippen molar-refractivity contribution < 1.29 is 9.84 Å². The molecule has 0 aliphatic rings. The molecule has 1 aromatic carbocycles. The molecule has 3 rings (SSSR count). The zero-order chi connectivity index (χ0) is 17.3. The van der Waals surface area contributed by atoms with Gasteiger partial charge in [0, 0.05) is 48.9 Å². The maximum absolute atomic E-state index is 11.6. The normalized spacial score (nSPS) is 12.0. The Balaban J connectivity index is 0.00000225. The highest BCUT2D eigenvalue weighted by atomic mass is 35.5. The monoisotopic (exact) mass is 365 g/mol. The van der Waals surface area contributed by atoms with Crippen molar-refractivity contribution in [2.45, 2.75) is 13.5 Å². The Bertz CT molecular complexity index is 1000. The number of nitrogens with one attached hydrogen (secondary N) is 1. The largest absolute Gasteiger partial charge is 0.344 e. The molecule has 2 aromatic heterocycles. The molecular formula is C17H20ClN3O2S. The first-order valence-electron chi connectivity index (χ1n) is 7.56. The van der Waals surface area contributed by atoms with Gasteiger partial charge < -0.3 is 4.57 Å². The lowest BCUT2D eigenvalue weighted by atomic mass is 10.1. The fourth-order valence-electron chi connectivity index (χ4n) is 2.60. The summed E-state index contributed by atoms with van der Waals surface area (Å²) in [4.78, 5) is 4.24. The van der Waals surface area contributed by atoms with Crippen molar-refractivity contribution >= 4 is 32.5 Å². The number of benzene rings is 1. The molecule has 0 bridgehead atoms. The predicted octanol–water partition coefficient (Wildman–Crippen LogP) is 3.58. The highest BCUT2D eigenvalue weighted by Gasteiger charge is 2.11. The number of nitrogens with zero attached hydrogens (tertiary/aromatic N) is 2. The minimum Gasteiger partial charge on any atom is -0.344 e. The number of halogens is 1. The van der Waals surface area contributed by atoms with Crippen molar-refractivity contribution in [2.24, 2.45) is 7.05 Å². The van der Waals surface area contributed by atoms with E-state index in [1.807, 2.05) is 31.3 Å². The summed E-state index contributed by atoms with van der Waals surface area (Å²) in [6.45, 7) is 1.84. The first-order valence-corrected chi connectivity index (χ1v) is 9.59. The van der Waals surface area contributed by atoms with Crippen LogP contribution >= 0.6 is 11.6 Å². The summed E-state index contributed by atoms with van der Waals surface area (Å²) in [6.07, 6.45) is 3.44. The third-order valence-corrected chi connectivity index (χ3v) is 5.55. The number of aryl methyl sites for hydroxylation is 1. The van der Waals surface area contributed by atoms with Crippen LogP contribution in [0.5, 0.6) is 0 Å². The molecule has 24 heavy (non-hydrogen) atoms. The predicted molar refractivity (Wildman–Crippen MR) is 99.6 cm³/mol. The lowest BCUT2D eigenvalue weighted by Gasteiger charge is -2.08.